The maximum absolute atomic E-state index is 5.75. The molecule has 0 fully saturated rings. The van der Waals surface area contributed by atoms with Gasteiger partial charge in [0.15, 0.2) is 0 Å². The first-order valence-corrected chi connectivity index (χ1v) is 6.01. The van der Waals surface area contributed by atoms with E-state index in [9.17, 15) is 0 Å². The number of nitrogens with zero attached hydrogens (tertiary/aromatic N) is 3. The standard InChI is InChI=1S/C12H24N4/c1-5-11(3)16-7-6-12(14-16)9-15(4)8-10(2)13/h6-7,10-11H,5,8-9,13H2,1-4H3. The van der Waals surface area contributed by atoms with Gasteiger partial charge in [0.05, 0.1) is 5.69 Å². The smallest absolute Gasteiger partial charge is 0.0764 e. The molecule has 0 aliphatic heterocycles. The van der Waals surface area contributed by atoms with Gasteiger partial charge in [-0.25, -0.2) is 0 Å². The van der Waals surface area contributed by atoms with Crippen molar-refractivity contribution in [3.8, 4) is 0 Å². The van der Waals surface area contributed by atoms with Crippen LogP contribution < -0.4 is 5.73 Å². The maximum Gasteiger partial charge on any atom is 0.0764 e. The van der Waals surface area contributed by atoms with E-state index in [4.69, 9.17) is 5.73 Å². The molecule has 0 amide bonds. The van der Waals surface area contributed by atoms with Crippen molar-refractivity contribution in [1.29, 1.82) is 0 Å². The Morgan fingerprint density at radius 2 is 2.19 bits per heavy atom. The van der Waals surface area contributed by atoms with Crippen LogP contribution in [0.1, 0.15) is 38.9 Å². The normalized spacial score (nSPS) is 15.4. The van der Waals surface area contributed by atoms with Crippen molar-refractivity contribution in [1.82, 2.24) is 14.7 Å². The third kappa shape index (κ3) is 3.94. The van der Waals surface area contributed by atoms with Gasteiger partial charge in [-0.3, -0.25) is 9.58 Å². The summed E-state index contributed by atoms with van der Waals surface area (Å²) in [5.74, 6) is 0. The lowest BCUT2D eigenvalue weighted by atomic mass is 10.3. The summed E-state index contributed by atoms with van der Waals surface area (Å²) in [6.45, 7) is 8.14. The third-order valence-electron chi connectivity index (χ3n) is 2.74. The van der Waals surface area contributed by atoms with Crippen molar-refractivity contribution in [3.63, 3.8) is 0 Å². The molecule has 16 heavy (non-hydrogen) atoms. The Labute approximate surface area is 98.4 Å². The zero-order valence-electron chi connectivity index (χ0n) is 10.8. The number of likely N-dealkylation sites (N-methyl/N-ethyl adjacent to an activating group) is 1. The van der Waals surface area contributed by atoms with Gasteiger partial charge in [0.1, 0.15) is 0 Å². The van der Waals surface area contributed by atoms with E-state index in [-0.39, 0.29) is 6.04 Å². The topological polar surface area (TPSA) is 47.1 Å². The van der Waals surface area contributed by atoms with E-state index in [1.54, 1.807) is 0 Å². The Balaban J connectivity index is 2.51. The Kier molecular flexibility index (Phi) is 4.96. The fourth-order valence-electron chi connectivity index (χ4n) is 1.73. The van der Waals surface area contributed by atoms with Gasteiger partial charge < -0.3 is 5.73 Å². The molecule has 0 radical (unpaired) electrons. The molecule has 0 spiro atoms. The first-order valence-electron chi connectivity index (χ1n) is 6.01. The van der Waals surface area contributed by atoms with Crippen LogP contribution in [0.4, 0.5) is 0 Å². The van der Waals surface area contributed by atoms with Crippen molar-refractivity contribution >= 4 is 0 Å². The van der Waals surface area contributed by atoms with Crippen molar-refractivity contribution in [2.24, 2.45) is 5.73 Å². The lowest BCUT2D eigenvalue weighted by molar-refractivity contribution is 0.304. The molecule has 0 saturated heterocycles. The van der Waals surface area contributed by atoms with E-state index >= 15 is 0 Å². The van der Waals surface area contributed by atoms with E-state index in [2.05, 4.69) is 43.2 Å². The van der Waals surface area contributed by atoms with Crippen LogP contribution in [0.2, 0.25) is 0 Å². The lowest BCUT2D eigenvalue weighted by Gasteiger charge is -2.17. The lowest BCUT2D eigenvalue weighted by Crippen LogP contribution is -2.32. The van der Waals surface area contributed by atoms with Gasteiger partial charge in [-0.15, -0.1) is 0 Å². The molecule has 1 aromatic heterocycles. The minimum Gasteiger partial charge on any atom is -0.327 e. The predicted molar refractivity (Wildman–Crippen MR) is 67.2 cm³/mol. The van der Waals surface area contributed by atoms with Crippen LogP contribution in [-0.4, -0.2) is 34.3 Å². The molecule has 1 aromatic rings. The molecule has 0 bridgehead atoms. The van der Waals surface area contributed by atoms with E-state index in [0.717, 1.165) is 25.2 Å². The van der Waals surface area contributed by atoms with Gasteiger partial charge in [-0.05, 0) is 33.4 Å². The zero-order valence-corrected chi connectivity index (χ0v) is 10.8. The average molecular weight is 224 g/mol. The summed E-state index contributed by atoms with van der Waals surface area (Å²) in [5, 5.41) is 4.56. The summed E-state index contributed by atoms with van der Waals surface area (Å²) in [7, 11) is 2.08. The Hall–Kier alpha value is -0.870. The van der Waals surface area contributed by atoms with Gasteiger partial charge >= 0.3 is 0 Å². The maximum atomic E-state index is 5.75. The fraction of sp³-hybridized carbons (Fsp3) is 0.750. The Morgan fingerprint density at radius 3 is 2.75 bits per heavy atom. The molecular weight excluding hydrogens is 200 g/mol. The van der Waals surface area contributed by atoms with Gasteiger partial charge in [-0.2, -0.15) is 5.10 Å². The molecule has 2 atom stereocenters. The van der Waals surface area contributed by atoms with Gasteiger partial charge in [-0.1, -0.05) is 6.92 Å². The summed E-state index contributed by atoms with van der Waals surface area (Å²) >= 11 is 0. The largest absolute Gasteiger partial charge is 0.327 e. The van der Waals surface area contributed by atoms with E-state index in [1.807, 2.05) is 11.6 Å². The van der Waals surface area contributed by atoms with Crippen LogP contribution in [0.25, 0.3) is 0 Å². The van der Waals surface area contributed by atoms with Gasteiger partial charge in [0, 0.05) is 31.4 Å². The summed E-state index contributed by atoms with van der Waals surface area (Å²) < 4.78 is 2.04. The second-order valence-electron chi connectivity index (χ2n) is 4.72. The van der Waals surface area contributed by atoms with Crippen LogP contribution in [0.5, 0.6) is 0 Å². The van der Waals surface area contributed by atoms with Crippen molar-refractivity contribution in [2.45, 2.75) is 45.8 Å². The monoisotopic (exact) mass is 224 g/mol. The number of hydrogen-bond acceptors (Lipinski definition) is 3. The highest BCUT2D eigenvalue weighted by Crippen LogP contribution is 2.10. The van der Waals surface area contributed by atoms with Crippen LogP contribution in [0.15, 0.2) is 12.3 Å². The van der Waals surface area contributed by atoms with Crippen molar-refractivity contribution in [2.75, 3.05) is 13.6 Å². The highest BCUT2D eigenvalue weighted by Gasteiger charge is 2.07. The number of nitrogens with two attached hydrogens (primary N) is 1. The summed E-state index contributed by atoms with van der Waals surface area (Å²) in [4.78, 5) is 2.20. The highest BCUT2D eigenvalue weighted by molar-refractivity contribution is 4.99. The van der Waals surface area contributed by atoms with Crippen LogP contribution in [-0.2, 0) is 6.54 Å². The molecule has 92 valence electrons. The first kappa shape index (κ1) is 13.2. The molecule has 0 aromatic carbocycles. The predicted octanol–water partition coefficient (Wildman–Crippen LogP) is 1.63. The Morgan fingerprint density at radius 1 is 1.50 bits per heavy atom. The van der Waals surface area contributed by atoms with Gasteiger partial charge in [0.2, 0.25) is 0 Å². The van der Waals surface area contributed by atoms with E-state index in [1.165, 1.54) is 0 Å². The Bertz CT molecular complexity index is 306. The number of rotatable bonds is 6. The first-order chi connectivity index (χ1) is 7.52. The molecule has 0 aliphatic carbocycles. The second-order valence-corrected chi connectivity index (χ2v) is 4.72. The SMILES string of the molecule is CCC(C)n1ccc(CN(C)CC(C)N)n1. The van der Waals surface area contributed by atoms with Gasteiger partial charge in [0.25, 0.3) is 0 Å². The minimum absolute atomic E-state index is 0.210. The molecule has 2 N–H and O–H groups in total. The fourth-order valence-corrected chi connectivity index (χ4v) is 1.73. The summed E-state index contributed by atoms with van der Waals surface area (Å²) in [5.41, 5.74) is 6.87. The molecule has 1 heterocycles. The zero-order chi connectivity index (χ0) is 12.1. The quantitative estimate of drug-likeness (QED) is 0.799. The molecule has 0 saturated carbocycles. The van der Waals surface area contributed by atoms with Crippen LogP contribution in [0.3, 0.4) is 0 Å². The van der Waals surface area contributed by atoms with E-state index < -0.39 is 0 Å². The van der Waals surface area contributed by atoms with Crippen LogP contribution in [0, 0.1) is 0 Å². The number of aromatic nitrogens is 2. The van der Waals surface area contributed by atoms with Crippen LogP contribution >= 0.6 is 0 Å². The molecule has 4 heteroatoms. The molecule has 0 aliphatic rings. The number of hydrogen-bond donors (Lipinski definition) is 1. The molecule has 4 nitrogen and oxygen atoms in total. The van der Waals surface area contributed by atoms with Crippen molar-refractivity contribution < 1.29 is 0 Å². The molecular formula is C12H24N4. The average Bonchev–Trinajstić information content (AvgIpc) is 2.63. The minimum atomic E-state index is 0.210. The van der Waals surface area contributed by atoms with E-state index in [0.29, 0.717) is 6.04 Å². The summed E-state index contributed by atoms with van der Waals surface area (Å²) in [6, 6.07) is 2.78. The third-order valence-corrected chi connectivity index (χ3v) is 2.74. The highest BCUT2D eigenvalue weighted by atomic mass is 15.3. The second kappa shape index (κ2) is 6.01. The van der Waals surface area contributed by atoms with Crippen molar-refractivity contribution in [3.05, 3.63) is 18.0 Å². The molecule has 2 unspecified atom stereocenters. The summed E-state index contributed by atoms with van der Waals surface area (Å²) in [6.07, 6.45) is 3.17. The molecule has 1 rings (SSSR count).